The monoisotopic (exact) mass is 704 g/mol. The summed E-state index contributed by atoms with van der Waals surface area (Å²) < 4.78 is 65.9. The van der Waals surface area contributed by atoms with Crippen molar-refractivity contribution in [3.63, 3.8) is 0 Å². The van der Waals surface area contributed by atoms with Crippen LogP contribution in [0.1, 0.15) is 22.3 Å². The summed E-state index contributed by atoms with van der Waals surface area (Å²) in [5, 5.41) is 67.1. The van der Waals surface area contributed by atoms with E-state index in [1.807, 2.05) is 0 Å². The number of rotatable bonds is 12. The molecule has 4 aromatic carbocycles. The van der Waals surface area contributed by atoms with Crippen molar-refractivity contribution in [1.29, 1.82) is 0 Å². The third-order valence-corrected chi connectivity index (χ3v) is 5.28. The number of alkyl halides is 4. The molecule has 21 heteroatoms. The van der Waals surface area contributed by atoms with E-state index in [2.05, 4.69) is 18.6 Å². The first kappa shape index (κ1) is 45.7. The van der Waals surface area contributed by atoms with Gasteiger partial charge in [0, 0.05) is 0 Å². The molecule has 0 saturated heterocycles. The number of benzene rings is 4. The van der Waals surface area contributed by atoms with Crippen LogP contribution in [0.3, 0.4) is 0 Å². The number of halogens is 4. The van der Waals surface area contributed by atoms with Crippen molar-refractivity contribution in [3.8, 4) is 23.0 Å². The zero-order valence-electron chi connectivity index (χ0n) is 25.1. The summed E-state index contributed by atoms with van der Waals surface area (Å²) >= 11 is 0. The Bertz CT molecular complexity index is 1170. The fourth-order valence-electron chi connectivity index (χ4n) is 3.12. The molecule has 49 heavy (non-hydrogen) atoms. The van der Waals surface area contributed by atoms with Crippen LogP contribution < -0.4 is 18.6 Å². The zero-order valence-corrected chi connectivity index (χ0v) is 25.1. The Hall–Kier alpha value is -3.26. The van der Waals surface area contributed by atoms with Crippen LogP contribution in [0, 0.1) is 0 Å². The summed E-state index contributed by atoms with van der Waals surface area (Å²) in [5.41, 5.74) is 2.09. The van der Waals surface area contributed by atoms with Crippen LogP contribution in [-0.2, 0) is 26.7 Å². The molecule has 0 aliphatic carbocycles. The van der Waals surface area contributed by atoms with Crippen molar-refractivity contribution in [2.75, 3.05) is 0 Å². The Balaban J connectivity index is 0.000000623. The van der Waals surface area contributed by atoms with Crippen LogP contribution >= 0.6 is 0 Å². The molecule has 4 rings (SSSR count). The van der Waals surface area contributed by atoms with Crippen molar-refractivity contribution >= 4 is 58.8 Å². The predicted molar refractivity (Wildman–Crippen MR) is 175 cm³/mol. The van der Waals surface area contributed by atoms with Gasteiger partial charge in [0.2, 0.25) is 0 Å². The van der Waals surface area contributed by atoms with Gasteiger partial charge < -0.3 is 58.8 Å². The van der Waals surface area contributed by atoms with Gasteiger partial charge in [0.25, 0.3) is 0 Å². The molecule has 0 aromatic heterocycles. The van der Waals surface area contributed by atoms with E-state index in [9.17, 15) is 17.6 Å². The molecule has 0 saturated carbocycles. The van der Waals surface area contributed by atoms with Gasteiger partial charge in [0.1, 0.15) is 49.7 Å². The molecule has 12 nitrogen and oxygen atoms in total. The molecule has 0 heterocycles. The van der Waals surface area contributed by atoms with Crippen LogP contribution in [0.4, 0.5) is 17.6 Å². The molecule has 4 aromatic rings. The quantitative estimate of drug-likeness (QED) is 0.0781. The van der Waals surface area contributed by atoms with Crippen LogP contribution in [0.5, 0.6) is 23.0 Å². The molecular weight excluding hydrogens is 671 g/mol. The molecule has 0 radical (unpaired) electrons. The van der Waals surface area contributed by atoms with Crippen molar-refractivity contribution in [1.82, 2.24) is 0 Å². The maximum absolute atomic E-state index is 12.0. The van der Waals surface area contributed by atoms with Crippen molar-refractivity contribution < 1.29 is 76.4 Å². The summed E-state index contributed by atoms with van der Waals surface area (Å²) in [6.07, 6.45) is 0. The van der Waals surface area contributed by atoms with E-state index in [0.717, 1.165) is 0 Å². The number of hydrogen-bond donors (Lipinski definition) is 8. The molecule has 0 unspecified atom stereocenters. The topological polar surface area (TPSA) is 199 Å². The molecule has 258 valence electrons. The van der Waals surface area contributed by atoms with Crippen LogP contribution in [0.15, 0.2) is 97.1 Å². The third-order valence-electron chi connectivity index (χ3n) is 5.28. The molecule has 0 fully saturated rings. The van der Waals surface area contributed by atoms with E-state index in [4.69, 9.17) is 40.2 Å². The Kier molecular flexibility index (Phi) is 24.8. The average Bonchev–Trinajstić information content (AvgIpc) is 3.06. The molecule has 0 aliphatic rings. The first-order chi connectivity index (χ1) is 22.9. The summed E-state index contributed by atoms with van der Waals surface area (Å²) in [7, 11) is -7.33. The van der Waals surface area contributed by atoms with Crippen molar-refractivity contribution in [2.24, 2.45) is 0 Å². The van der Waals surface area contributed by atoms with E-state index >= 15 is 0 Å². The van der Waals surface area contributed by atoms with E-state index in [-0.39, 0.29) is 29.6 Å². The molecule has 0 amide bonds. The van der Waals surface area contributed by atoms with Gasteiger partial charge in [0.15, 0.2) is 0 Å². The molecule has 0 spiro atoms. The second-order valence-electron chi connectivity index (χ2n) is 8.89. The molecule has 0 aliphatic heterocycles. The second kappa shape index (κ2) is 26.6. The van der Waals surface area contributed by atoms with Gasteiger partial charge in [0.05, 0.1) is 0 Å². The molecule has 0 bridgehead atoms. The maximum atomic E-state index is 12.0. The van der Waals surface area contributed by atoms with Crippen LogP contribution in [0.2, 0.25) is 0 Å². The Morgan fingerprint density at radius 2 is 0.469 bits per heavy atom. The Labute approximate surface area is 303 Å². The standard InChI is InChI=1S/4C7H8BFO3.Na.H/c4*9-5-6-1-3-7(4-2-6)12-8(10)11;;/h4*1-4,10-11H,5H2;;. The Morgan fingerprint density at radius 3 is 0.571 bits per heavy atom. The van der Waals surface area contributed by atoms with E-state index in [1.165, 1.54) is 97.1 Å². The second-order valence-corrected chi connectivity index (χ2v) is 8.89. The van der Waals surface area contributed by atoms with Gasteiger partial charge in [-0.05, 0) is 70.8 Å². The molecule has 0 atom stereocenters. The Morgan fingerprint density at radius 1 is 0.327 bits per heavy atom. The molecule has 8 N–H and O–H groups in total. The minimum atomic E-state index is -1.83. The summed E-state index contributed by atoms with van der Waals surface area (Å²) in [6.45, 7) is -2.16. The van der Waals surface area contributed by atoms with E-state index < -0.39 is 56.0 Å². The first-order valence-corrected chi connectivity index (χ1v) is 13.6. The van der Waals surface area contributed by atoms with Gasteiger partial charge in [-0.1, -0.05) is 48.5 Å². The van der Waals surface area contributed by atoms with Gasteiger partial charge in [-0.15, -0.1) is 0 Å². The van der Waals surface area contributed by atoms with E-state index in [0.29, 0.717) is 45.3 Å². The van der Waals surface area contributed by atoms with Gasteiger partial charge in [-0.2, -0.15) is 0 Å². The SMILES string of the molecule is OB(O)Oc1ccc(CF)cc1.OB(O)Oc1ccc(CF)cc1.OB(O)Oc1ccc(CF)cc1.OB(O)Oc1ccc(CF)cc1.[NaH]. The van der Waals surface area contributed by atoms with Crippen LogP contribution in [0.25, 0.3) is 0 Å². The van der Waals surface area contributed by atoms with Gasteiger partial charge >= 0.3 is 58.8 Å². The fourth-order valence-corrected chi connectivity index (χ4v) is 3.12. The fraction of sp³-hybridized carbons (Fsp3) is 0.143. The minimum absolute atomic E-state index is 0. The summed E-state index contributed by atoms with van der Waals surface area (Å²) in [6, 6.07) is 23.8. The van der Waals surface area contributed by atoms with E-state index in [1.54, 1.807) is 0 Å². The number of hydrogen-bond acceptors (Lipinski definition) is 12. The summed E-state index contributed by atoms with van der Waals surface area (Å²) in [4.78, 5) is 0. The van der Waals surface area contributed by atoms with Gasteiger partial charge in [-0.3, -0.25) is 0 Å². The predicted octanol–water partition coefficient (Wildman–Crippen LogP) is 1.37. The molecular formula is C28H33B4F4NaO12. The van der Waals surface area contributed by atoms with Crippen LogP contribution in [-0.4, -0.2) is 99.0 Å². The normalized spacial score (nSPS) is 9.39. The zero-order chi connectivity index (χ0) is 35.9. The van der Waals surface area contributed by atoms with Gasteiger partial charge in [-0.25, -0.2) is 17.6 Å². The summed E-state index contributed by atoms with van der Waals surface area (Å²) in [5.74, 6) is 1.17. The first-order valence-electron chi connectivity index (χ1n) is 13.6. The van der Waals surface area contributed by atoms with Crippen molar-refractivity contribution in [3.05, 3.63) is 119 Å². The average molecular weight is 704 g/mol. The van der Waals surface area contributed by atoms with Crippen molar-refractivity contribution in [2.45, 2.75) is 26.7 Å². The third kappa shape index (κ3) is 22.2.